The topological polar surface area (TPSA) is 73.4 Å². The van der Waals surface area contributed by atoms with Gasteiger partial charge >= 0.3 is 0 Å². The summed E-state index contributed by atoms with van der Waals surface area (Å²) >= 11 is 3.34. The number of hydrogen-bond acceptors (Lipinski definition) is 5. The first kappa shape index (κ1) is 15.3. The summed E-state index contributed by atoms with van der Waals surface area (Å²) in [4.78, 5) is 14.0. The average molecular weight is 319 g/mol. The number of halogens is 1. The molecule has 0 fully saturated rings. The van der Waals surface area contributed by atoms with Crippen LogP contribution in [0.15, 0.2) is 10.7 Å². The molecule has 2 N–H and O–H groups in total. The average Bonchev–Trinajstić information content (AvgIpc) is 2.68. The standard InChI is InChI=1S/C11H19BrN4O2/c1-15(2)4-5-16-11(9(12)7-14-16)10(17)8-18-6-3-13/h7H,3-6,8,13H2,1-2H3. The first-order valence-electron chi connectivity index (χ1n) is 5.73. The van der Waals surface area contributed by atoms with Crippen LogP contribution in [0.3, 0.4) is 0 Å². The zero-order valence-electron chi connectivity index (χ0n) is 10.7. The highest BCUT2D eigenvalue weighted by Gasteiger charge is 2.17. The lowest BCUT2D eigenvalue weighted by Crippen LogP contribution is -2.23. The van der Waals surface area contributed by atoms with Crippen molar-refractivity contribution in [1.29, 1.82) is 0 Å². The number of nitrogens with zero attached hydrogens (tertiary/aromatic N) is 3. The number of ether oxygens (including phenoxy) is 1. The highest BCUT2D eigenvalue weighted by Crippen LogP contribution is 2.16. The van der Waals surface area contributed by atoms with E-state index in [0.29, 0.717) is 29.9 Å². The van der Waals surface area contributed by atoms with Crippen molar-refractivity contribution in [1.82, 2.24) is 14.7 Å². The maximum absolute atomic E-state index is 12.0. The summed E-state index contributed by atoms with van der Waals surface area (Å²) in [6.07, 6.45) is 1.63. The molecule has 0 spiro atoms. The van der Waals surface area contributed by atoms with Crippen LogP contribution in [-0.4, -0.2) is 60.9 Å². The van der Waals surface area contributed by atoms with E-state index in [2.05, 4.69) is 21.0 Å². The summed E-state index contributed by atoms with van der Waals surface area (Å²) in [7, 11) is 3.95. The second kappa shape index (κ2) is 7.63. The van der Waals surface area contributed by atoms with Gasteiger partial charge in [-0.05, 0) is 30.0 Å². The van der Waals surface area contributed by atoms with Crippen molar-refractivity contribution in [3.8, 4) is 0 Å². The number of carbonyl (C=O) groups is 1. The third-order valence-electron chi connectivity index (χ3n) is 2.31. The van der Waals surface area contributed by atoms with E-state index in [9.17, 15) is 4.79 Å². The minimum atomic E-state index is -0.0911. The molecule has 1 aromatic rings. The molecule has 0 saturated carbocycles. The molecular weight excluding hydrogens is 300 g/mol. The highest BCUT2D eigenvalue weighted by atomic mass is 79.9. The molecule has 6 nitrogen and oxygen atoms in total. The van der Waals surface area contributed by atoms with Gasteiger partial charge in [0.15, 0.2) is 0 Å². The Morgan fingerprint density at radius 1 is 1.61 bits per heavy atom. The molecule has 1 heterocycles. The van der Waals surface area contributed by atoms with E-state index in [1.807, 2.05) is 19.0 Å². The van der Waals surface area contributed by atoms with Gasteiger partial charge in [0.25, 0.3) is 0 Å². The van der Waals surface area contributed by atoms with E-state index in [1.54, 1.807) is 10.9 Å². The first-order valence-corrected chi connectivity index (χ1v) is 6.52. The van der Waals surface area contributed by atoms with Crippen LogP contribution < -0.4 is 5.73 Å². The van der Waals surface area contributed by atoms with Crippen LogP contribution in [0.25, 0.3) is 0 Å². The third kappa shape index (κ3) is 4.49. The molecule has 102 valence electrons. The monoisotopic (exact) mass is 318 g/mol. The number of Topliss-reactive ketones (excluding diaryl/α,β-unsaturated/α-hetero) is 1. The number of rotatable bonds is 8. The molecular formula is C11H19BrN4O2. The predicted molar refractivity (Wildman–Crippen MR) is 72.7 cm³/mol. The fraction of sp³-hybridized carbons (Fsp3) is 0.636. The largest absolute Gasteiger partial charge is 0.372 e. The Morgan fingerprint density at radius 2 is 2.33 bits per heavy atom. The van der Waals surface area contributed by atoms with Gasteiger partial charge in [-0.25, -0.2) is 0 Å². The highest BCUT2D eigenvalue weighted by molar-refractivity contribution is 9.10. The zero-order valence-corrected chi connectivity index (χ0v) is 12.3. The molecule has 7 heteroatoms. The maximum Gasteiger partial charge on any atom is 0.207 e. The second-order valence-electron chi connectivity index (χ2n) is 4.13. The van der Waals surface area contributed by atoms with Crippen molar-refractivity contribution in [2.45, 2.75) is 6.54 Å². The predicted octanol–water partition coefficient (Wildman–Crippen LogP) is 0.365. The fourth-order valence-electron chi connectivity index (χ4n) is 1.42. The number of aromatic nitrogens is 2. The van der Waals surface area contributed by atoms with E-state index in [4.69, 9.17) is 10.5 Å². The number of ketones is 1. The van der Waals surface area contributed by atoms with Crippen molar-refractivity contribution >= 4 is 21.7 Å². The third-order valence-corrected chi connectivity index (χ3v) is 2.89. The number of nitrogens with two attached hydrogens (primary N) is 1. The quantitative estimate of drug-likeness (QED) is 0.553. The Kier molecular flexibility index (Phi) is 6.48. The second-order valence-corrected chi connectivity index (χ2v) is 4.99. The normalized spacial score (nSPS) is 11.2. The Morgan fingerprint density at radius 3 is 2.94 bits per heavy atom. The van der Waals surface area contributed by atoms with Crippen LogP contribution in [0.1, 0.15) is 10.5 Å². The molecule has 18 heavy (non-hydrogen) atoms. The summed E-state index contributed by atoms with van der Waals surface area (Å²) in [6.45, 7) is 2.31. The van der Waals surface area contributed by atoms with Gasteiger partial charge in [0.1, 0.15) is 12.3 Å². The van der Waals surface area contributed by atoms with E-state index in [1.165, 1.54) is 0 Å². The Balaban J connectivity index is 2.67. The van der Waals surface area contributed by atoms with E-state index >= 15 is 0 Å². The molecule has 0 saturated heterocycles. The van der Waals surface area contributed by atoms with Gasteiger partial charge in [-0.1, -0.05) is 0 Å². The van der Waals surface area contributed by atoms with Gasteiger partial charge in [-0.15, -0.1) is 0 Å². The van der Waals surface area contributed by atoms with E-state index < -0.39 is 0 Å². The van der Waals surface area contributed by atoms with Gasteiger partial charge in [-0.3, -0.25) is 9.48 Å². The zero-order chi connectivity index (χ0) is 13.5. The van der Waals surface area contributed by atoms with E-state index in [0.717, 1.165) is 6.54 Å². The number of carbonyl (C=O) groups excluding carboxylic acids is 1. The molecule has 0 aliphatic carbocycles. The summed E-state index contributed by atoms with van der Waals surface area (Å²) in [6, 6.07) is 0. The minimum Gasteiger partial charge on any atom is -0.372 e. The van der Waals surface area contributed by atoms with Crippen LogP contribution >= 0.6 is 15.9 Å². The molecule has 0 bridgehead atoms. The van der Waals surface area contributed by atoms with Gasteiger partial charge in [0.2, 0.25) is 5.78 Å². The molecule has 0 radical (unpaired) electrons. The molecule has 0 aliphatic rings. The Hall–Kier alpha value is -0.760. The van der Waals surface area contributed by atoms with Crippen LogP contribution in [0.5, 0.6) is 0 Å². The van der Waals surface area contributed by atoms with Gasteiger partial charge < -0.3 is 15.4 Å². The number of hydrogen-bond donors (Lipinski definition) is 1. The molecule has 0 unspecified atom stereocenters. The summed E-state index contributed by atoms with van der Waals surface area (Å²) in [5, 5.41) is 4.18. The Bertz CT molecular complexity index is 392. The van der Waals surface area contributed by atoms with Crippen LogP contribution in [-0.2, 0) is 11.3 Å². The smallest absolute Gasteiger partial charge is 0.207 e. The van der Waals surface area contributed by atoms with Gasteiger partial charge in [0.05, 0.1) is 23.8 Å². The van der Waals surface area contributed by atoms with Crippen molar-refractivity contribution in [2.75, 3.05) is 40.4 Å². The van der Waals surface area contributed by atoms with Crippen molar-refractivity contribution in [2.24, 2.45) is 5.73 Å². The Labute approximate surface area is 115 Å². The fourth-order valence-corrected chi connectivity index (χ4v) is 1.94. The van der Waals surface area contributed by atoms with E-state index in [-0.39, 0.29) is 12.4 Å². The minimum absolute atomic E-state index is 0.0312. The van der Waals surface area contributed by atoms with Crippen molar-refractivity contribution in [3.05, 3.63) is 16.4 Å². The summed E-state index contributed by atoms with van der Waals surface area (Å²) < 4.78 is 7.55. The lowest BCUT2D eigenvalue weighted by atomic mass is 10.3. The van der Waals surface area contributed by atoms with Gasteiger partial charge in [0, 0.05) is 13.1 Å². The summed E-state index contributed by atoms with van der Waals surface area (Å²) in [5.41, 5.74) is 5.86. The van der Waals surface area contributed by atoms with Crippen LogP contribution in [0.2, 0.25) is 0 Å². The molecule has 0 aromatic carbocycles. The van der Waals surface area contributed by atoms with Crippen molar-refractivity contribution in [3.63, 3.8) is 0 Å². The lowest BCUT2D eigenvalue weighted by Gasteiger charge is -2.11. The molecule has 1 aromatic heterocycles. The molecule has 1 rings (SSSR count). The van der Waals surface area contributed by atoms with Crippen LogP contribution in [0.4, 0.5) is 0 Å². The molecule has 0 atom stereocenters. The lowest BCUT2D eigenvalue weighted by molar-refractivity contribution is 0.0762. The summed E-state index contributed by atoms with van der Waals surface area (Å²) in [5.74, 6) is -0.0911. The first-order chi connectivity index (χ1) is 8.56. The number of likely N-dealkylation sites (N-methyl/N-ethyl adjacent to an activating group) is 1. The van der Waals surface area contributed by atoms with Crippen LogP contribution in [0, 0.1) is 0 Å². The van der Waals surface area contributed by atoms with Crippen molar-refractivity contribution < 1.29 is 9.53 Å². The maximum atomic E-state index is 12.0. The SMILES string of the molecule is CN(C)CCn1ncc(Br)c1C(=O)COCCN. The molecule has 0 amide bonds. The molecule has 0 aliphatic heterocycles. The van der Waals surface area contributed by atoms with Gasteiger partial charge in [-0.2, -0.15) is 5.10 Å².